The van der Waals surface area contributed by atoms with E-state index in [1.807, 2.05) is 18.2 Å². The van der Waals surface area contributed by atoms with Crippen LogP contribution in [0.25, 0.3) is 0 Å². The minimum atomic E-state index is -0.274. The smallest absolute Gasteiger partial charge is 0.243 e. The molecule has 2 aromatic carbocycles. The van der Waals surface area contributed by atoms with Crippen molar-refractivity contribution in [3.63, 3.8) is 0 Å². The normalized spacial score (nSPS) is 10.8. The molecular formula is C19H21BrFN5O. The highest BCUT2D eigenvalue weighted by atomic mass is 79.9. The first-order valence-corrected chi connectivity index (χ1v) is 9.61. The summed E-state index contributed by atoms with van der Waals surface area (Å²) in [6, 6.07) is 12.3. The zero-order chi connectivity index (χ0) is 19.1. The van der Waals surface area contributed by atoms with Crippen molar-refractivity contribution < 1.29 is 9.13 Å². The molecule has 1 heterocycles. The number of hydrogen-bond acceptors (Lipinski definition) is 5. The highest BCUT2D eigenvalue weighted by Gasteiger charge is 2.10. The van der Waals surface area contributed by atoms with E-state index in [0.717, 1.165) is 29.4 Å². The Hall–Kier alpha value is -2.48. The van der Waals surface area contributed by atoms with Crippen molar-refractivity contribution in [3.05, 3.63) is 63.9 Å². The molecule has 0 atom stereocenters. The van der Waals surface area contributed by atoms with E-state index in [0.29, 0.717) is 23.8 Å². The molecule has 0 amide bonds. The van der Waals surface area contributed by atoms with Gasteiger partial charge in [0.1, 0.15) is 18.2 Å². The molecule has 0 aliphatic carbocycles. The van der Waals surface area contributed by atoms with Crippen LogP contribution >= 0.6 is 15.9 Å². The number of anilines is 1. The molecule has 3 rings (SSSR count). The molecule has 0 bridgehead atoms. The summed E-state index contributed by atoms with van der Waals surface area (Å²) < 4.78 is 22.4. The molecule has 6 nitrogen and oxygen atoms in total. The van der Waals surface area contributed by atoms with Gasteiger partial charge in [-0.05, 0) is 41.1 Å². The summed E-state index contributed by atoms with van der Waals surface area (Å²) in [4.78, 5) is 0. The van der Waals surface area contributed by atoms with Gasteiger partial charge in [0, 0.05) is 28.7 Å². The number of tetrazole rings is 1. The fraction of sp³-hybridized carbons (Fsp3) is 0.316. The van der Waals surface area contributed by atoms with Crippen LogP contribution in [0.5, 0.6) is 5.75 Å². The number of ether oxygens (including phenoxy) is 1. The molecular weight excluding hydrogens is 413 g/mol. The summed E-state index contributed by atoms with van der Waals surface area (Å²) in [5, 5.41) is 15.0. The van der Waals surface area contributed by atoms with Gasteiger partial charge in [-0.3, -0.25) is 0 Å². The number of aromatic nitrogens is 4. The fourth-order valence-electron chi connectivity index (χ4n) is 2.56. The summed E-state index contributed by atoms with van der Waals surface area (Å²) >= 11 is 3.48. The van der Waals surface area contributed by atoms with Crippen molar-refractivity contribution in [2.45, 2.75) is 39.5 Å². The SMILES string of the molecule is CCCCn1nnnc1NCc1cc(Br)ccc1OCc1ccccc1F. The van der Waals surface area contributed by atoms with Crippen molar-refractivity contribution >= 4 is 21.9 Å². The third kappa shape index (κ3) is 5.26. The number of benzene rings is 2. The third-order valence-electron chi connectivity index (χ3n) is 4.06. The van der Waals surface area contributed by atoms with E-state index in [1.165, 1.54) is 6.07 Å². The number of halogens is 2. The van der Waals surface area contributed by atoms with Crippen LogP contribution < -0.4 is 10.1 Å². The van der Waals surface area contributed by atoms with Gasteiger partial charge in [-0.2, -0.15) is 0 Å². The summed E-state index contributed by atoms with van der Waals surface area (Å²) in [7, 11) is 0. The van der Waals surface area contributed by atoms with Crippen LogP contribution in [-0.2, 0) is 19.7 Å². The van der Waals surface area contributed by atoms with Gasteiger partial charge in [-0.15, -0.1) is 0 Å². The van der Waals surface area contributed by atoms with Crippen LogP contribution in [0.15, 0.2) is 46.9 Å². The average Bonchev–Trinajstić information content (AvgIpc) is 3.12. The molecule has 1 N–H and O–H groups in total. The zero-order valence-electron chi connectivity index (χ0n) is 15.0. The molecule has 1 aromatic heterocycles. The van der Waals surface area contributed by atoms with E-state index in [9.17, 15) is 4.39 Å². The number of aryl methyl sites for hydroxylation is 1. The Balaban J connectivity index is 1.69. The van der Waals surface area contributed by atoms with E-state index >= 15 is 0 Å². The monoisotopic (exact) mass is 433 g/mol. The molecule has 0 fully saturated rings. The number of hydrogen-bond donors (Lipinski definition) is 1. The van der Waals surface area contributed by atoms with E-state index in [-0.39, 0.29) is 12.4 Å². The lowest BCUT2D eigenvalue weighted by Crippen LogP contribution is -2.10. The van der Waals surface area contributed by atoms with Crippen molar-refractivity contribution in [1.82, 2.24) is 20.2 Å². The Bertz CT molecular complexity index is 886. The zero-order valence-corrected chi connectivity index (χ0v) is 16.6. The van der Waals surface area contributed by atoms with E-state index in [1.54, 1.807) is 22.9 Å². The molecule has 27 heavy (non-hydrogen) atoms. The molecule has 0 saturated carbocycles. The first-order chi connectivity index (χ1) is 13.2. The Kier molecular flexibility index (Phi) is 6.75. The van der Waals surface area contributed by atoms with Gasteiger partial charge in [-0.1, -0.05) is 52.6 Å². The Morgan fingerprint density at radius 2 is 2.04 bits per heavy atom. The molecule has 8 heteroatoms. The summed E-state index contributed by atoms with van der Waals surface area (Å²) in [6.07, 6.45) is 2.08. The first kappa shape index (κ1) is 19.3. The second-order valence-corrected chi connectivity index (χ2v) is 6.98. The highest BCUT2D eigenvalue weighted by molar-refractivity contribution is 9.10. The minimum Gasteiger partial charge on any atom is -0.488 e. The molecule has 0 aliphatic heterocycles. The van der Waals surface area contributed by atoms with E-state index in [2.05, 4.69) is 43.7 Å². The van der Waals surface area contributed by atoms with Crippen LogP contribution in [0.4, 0.5) is 10.3 Å². The van der Waals surface area contributed by atoms with Crippen LogP contribution in [0.2, 0.25) is 0 Å². The topological polar surface area (TPSA) is 64.9 Å². The molecule has 0 saturated heterocycles. The lowest BCUT2D eigenvalue weighted by molar-refractivity contribution is 0.297. The third-order valence-corrected chi connectivity index (χ3v) is 4.55. The van der Waals surface area contributed by atoms with E-state index in [4.69, 9.17) is 4.74 Å². The lowest BCUT2D eigenvalue weighted by atomic mass is 10.2. The van der Waals surface area contributed by atoms with Crippen LogP contribution in [0.1, 0.15) is 30.9 Å². The summed E-state index contributed by atoms with van der Waals surface area (Å²) in [5.74, 6) is 1.02. The van der Waals surface area contributed by atoms with Crippen molar-refractivity contribution in [2.24, 2.45) is 0 Å². The summed E-state index contributed by atoms with van der Waals surface area (Å²) in [5.41, 5.74) is 1.44. The molecule has 0 radical (unpaired) electrons. The van der Waals surface area contributed by atoms with Gasteiger partial charge in [-0.25, -0.2) is 9.07 Å². The van der Waals surface area contributed by atoms with Gasteiger partial charge in [0.05, 0.1) is 0 Å². The number of nitrogens with zero attached hydrogens (tertiary/aromatic N) is 4. The second kappa shape index (κ2) is 9.45. The Labute approximate surface area is 165 Å². The first-order valence-electron chi connectivity index (χ1n) is 8.82. The maximum atomic E-state index is 13.8. The maximum absolute atomic E-state index is 13.8. The van der Waals surface area contributed by atoms with Crippen LogP contribution in [0.3, 0.4) is 0 Å². The number of nitrogens with one attached hydrogen (secondary N) is 1. The lowest BCUT2D eigenvalue weighted by Gasteiger charge is -2.13. The fourth-order valence-corrected chi connectivity index (χ4v) is 2.97. The Morgan fingerprint density at radius 1 is 1.19 bits per heavy atom. The largest absolute Gasteiger partial charge is 0.488 e. The Morgan fingerprint density at radius 3 is 2.85 bits per heavy atom. The van der Waals surface area contributed by atoms with E-state index < -0.39 is 0 Å². The maximum Gasteiger partial charge on any atom is 0.243 e. The second-order valence-electron chi connectivity index (χ2n) is 6.06. The van der Waals surface area contributed by atoms with Crippen molar-refractivity contribution in [3.8, 4) is 5.75 Å². The molecule has 0 spiro atoms. The van der Waals surface area contributed by atoms with Gasteiger partial charge < -0.3 is 10.1 Å². The molecule has 0 unspecified atom stereocenters. The minimum absolute atomic E-state index is 0.162. The molecule has 142 valence electrons. The van der Waals surface area contributed by atoms with Crippen LogP contribution in [0, 0.1) is 5.82 Å². The molecule has 3 aromatic rings. The number of unbranched alkanes of at least 4 members (excludes halogenated alkanes) is 1. The van der Waals surface area contributed by atoms with Crippen molar-refractivity contribution in [1.29, 1.82) is 0 Å². The van der Waals surface area contributed by atoms with Gasteiger partial charge in [0.25, 0.3) is 0 Å². The van der Waals surface area contributed by atoms with Gasteiger partial charge >= 0.3 is 0 Å². The van der Waals surface area contributed by atoms with Crippen molar-refractivity contribution in [2.75, 3.05) is 5.32 Å². The predicted molar refractivity (Wildman–Crippen MR) is 105 cm³/mol. The van der Waals surface area contributed by atoms with Crippen LogP contribution in [-0.4, -0.2) is 20.2 Å². The quantitative estimate of drug-likeness (QED) is 0.535. The standard InChI is InChI=1S/C19H21BrFN5O/c1-2-3-10-26-19(23-24-25-26)22-12-15-11-16(20)8-9-18(15)27-13-14-6-4-5-7-17(14)21/h4-9,11H,2-3,10,12-13H2,1H3,(H,22,23,25). The average molecular weight is 434 g/mol. The molecule has 0 aliphatic rings. The number of rotatable bonds is 9. The van der Waals surface area contributed by atoms with Gasteiger partial charge in [0.2, 0.25) is 5.95 Å². The predicted octanol–water partition coefficient (Wildman–Crippen LogP) is 4.57. The summed E-state index contributed by atoms with van der Waals surface area (Å²) in [6.45, 7) is 3.53. The van der Waals surface area contributed by atoms with Gasteiger partial charge in [0.15, 0.2) is 0 Å². The highest BCUT2D eigenvalue weighted by Crippen LogP contribution is 2.25.